The Labute approximate surface area is 150 Å². The zero-order chi connectivity index (χ0) is 17.5. The van der Waals surface area contributed by atoms with Gasteiger partial charge in [0, 0.05) is 35.0 Å². The molecule has 7 heteroatoms. The molecular weight excluding hydrogens is 348 g/mol. The maximum absolute atomic E-state index is 12.0. The zero-order valence-electron chi connectivity index (χ0n) is 13.5. The minimum absolute atomic E-state index is 0.119. The first kappa shape index (κ1) is 18.3. The number of nitrogens with one attached hydrogen (secondary N) is 2. The Morgan fingerprint density at radius 3 is 2.79 bits per heavy atom. The molecule has 0 saturated heterocycles. The molecule has 0 saturated carbocycles. The number of methoxy groups -OCH3 is 1. The second kappa shape index (κ2) is 8.70. The Bertz CT molecular complexity index is 717. The smallest absolute Gasteiger partial charge is 0.252 e. The van der Waals surface area contributed by atoms with Gasteiger partial charge < -0.3 is 15.4 Å². The van der Waals surface area contributed by atoms with Crippen LogP contribution in [-0.4, -0.2) is 25.5 Å². The lowest BCUT2D eigenvalue weighted by Crippen LogP contribution is -2.25. The Morgan fingerprint density at radius 2 is 2.12 bits per heavy atom. The maximum atomic E-state index is 12.0. The van der Waals surface area contributed by atoms with Crippen LogP contribution in [0.25, 0.3) is 0 Å². The van der Waals surface area contributed by atoms with Gasteiger partial charge in [0.2, 0.25) is 5.91 Å². The molecule has 2 aromatic rings. The van der Waals surface area contributed by atoms with E-state index in [4.69, 9.17) is 16.3 Å². The first-order chi connectivity index (χ1) is 11.5. The number of halogens is 1. The molecule has 5 nitrogen and oxygen atoms in total. The van der Waals surface area contributed by atoms with Crippen LogP contribution in [0.2, 0.25) is 5.02 Å². The van der Waals surface area contributed by atoms with Crippen LogP contribution < -0.4 is 15.4 Å². The summed E-state index contributed by atoms with van der Waals surface area (Å²) in [6.07, 6.45) is 0.853. The fourth-order valence-electron chi connectivity index (χ4n) is 2.09. The highest BCUT2D eigenvalue weighted by Crippen LogP contribution is 2.31. The van der Waals surface area contributed by atoms with Crippen LogP contribution in [0.5, 0.6) is 5.75 Å². The number of rotatable bonds is 7. The third-order valence-corrected chi connectivity index (χ3v) is 4.49. The van der Waals surface area contributed by atoms with Crippen molar-refractivity contribution >= 4 is 40.4 Å². The second-order valence-electron chi connectivity index (χ2n) is 5.22. The van der Waals surface area contributed by atoms with E-state index in [0.29, 0.717) is 41.4 Å². The molecule has 2 N–H and O–H groups in total. The highest BCUT2D eigenvalue weighted by atomic mass is 35.5. The Balaban J connectivity index is 1.79. The fraction of sp³-hybridized carbons (Fsp3) is 0.294. The average molecular weight is 367 g/mol. The van der Waals surface area contributed by atoms with Crippen molar-refractivity contribution in [2.45, 2.75) is 19.8 Å². The van der Waals surface area contributed by atoms with Crippen molar-refractivity contribution in [2.24, 2.45) is 0 Å². The van der Waals surface area contributed by atoms with Gasteiger partial charge in [-0.3, -0.25) is 9.59 Å². The van der Waals surface area contributed by atoms with Crippen LogP contribution in [0, 0.1) is 6.92 Å². The van der Waals surface area contributed by atoms with Crippen molar-refractivity contribution < 1.29 is 14.3 Å². The highest BCUT2D eigenvalue weighted by molar-refractivity contribution is 7.08. The van der Waals surface area contributed by atoms with Crippen molar-refractivity contribution in [3.63, 3.8) is 0 Å². The topological polar surface area (TPSA) is 67.4 Å². The van der Waals surface area contributed by atoms with E-state index in [2.05, 4.69) is 10.6 Å². The molecule has 0 fully saturated rings. The molecule has 24 heavy (non-hydrogen) atoms. The third kappa shape index (κ3) is 4.97. The molecule has 0 radical (unpaired) electrons. The molecule has 0 aliphatic carbocycles. The predicted octanol–water partition coefficient (Wildman–Crippen LogP) is 3.87. The number of hydrogen-bond acceptors (Lipinski definition) is 4. The summed E-state index contributed by atoms with van der Waals surface area (Å²) in [6.45, 7) is 2.30. The largest absolute Gasteiger partial charge is 0.495 e. The normalized spacial score (nSPS) is 10.3. The van der Waals surface area contributed by atoms with Gasteiger partial charge >= 0.3 is 0 Å². The second-order valence-corrected chi connectivity index (χ2v) is 6.41. The maximum Gasteiger partial charge on any atom is 0.252 e. The molecule has 0 aliphatic heterocycles. The number of amides is 2. The van der Waals surface area contributed by atoms with Gasteiger partial charge in [-0.05, 0) is 36.4 Å². The molecule has 1 aromatic heterocycles. The molecule has 1 aromatic carbocycles. The summed E-state index contributed by atoms with van der Waals surface area (Å²) in [7, 11) is 1.52. The number of aryl methyl sites for hydroxylation is 1. The molecular formula is C17H19ClN2O3S. The SMILES string of the molecule is COc1cc(Cl)c(C)cc1NC(=O)CCCNC(=O)c1ccsc1. The van der Waals surface area contributed by atoms with E-state index in [9.17, 15) is 9.59 Å². The molecule has 0 bridgehead atoms. The van der Waals surface area contributed by atoms with Gasteiger partial charge in [0.1, 0.15) is 5.75 Å². The van der Waals surface area contributed by atoms with Crippen LogP contribution in [-0.2, 0) is 4.79 Å². The van der Waals surface area contributed by atoms with E-state index in [1.807, 2.05) is 12.3 Å². The molecule has 0 spiro atoms. The van der Waals surface area contributed by atoms with Crippen molar-refractivity contribution in [1.29, 1.82) is 0 Å². The lowest BCUT2D eigenvalue weighted by molar-refractivity contribution is -0.116. The lowest BCUT2D eigenvalue weighted by atomic mass is 10.2. The van der Waals surface area contributed by atoms with Crippen molar-refractivity contribution in [3.05, 3.63) is 45.1 Å². The van der Waals surface area contributed by atoms with Crippen molar-refractivity contribution in [2.75, 3.05) is 19.0 Å². The first-order valence-corrected chi connectivity index (χ1v) is 8.77. The van der Waals surface area contributed by atoms with Crippen molar-refractivity contribution in [3.8, 4) is 5.75 Å². The average Bonchev–Trinajstić information content (AvgIpc) is 3.09. The van der Waals surface area contributed by atoms with Crippen LogP contribution in [0.4, 0.5) is 5.69 Å². The van der Waals surface area contributed by atoms with E-state index in [1.165, 1.54) is 18.4 Å². The van der Waals surface area contributed by atoms with E-state index < -0.39 is 0 Å². The highest BCUT2D eigenvalue weighted by Gasteiger charge is 2.11. The molecule has 0 aliphatic rings. The van der Waals surface area contributed by atoms with Crippen molar-refractivity contribution in [1.82, 2.24) is 5.32 Å². The summed E-state index contributed by atoms with van der Waals surface area (Å²) in [5.41, 5.74) is 2.09. The number of thiophene rings is 1. The van der Waals surface area contributed by atoms with Gasteiger partial charge in [-0.25, -0.2) is 0 Å². The minimum atomic E-state index is -0.139. The van der Waals surface area contributed by atoms with E-state index in [1.54, 1.807) is 23.6 Å². The number of carbonyl (C=O) groups is 2. The lowest BCUT2D eigenvalue weighted by Gasteiger charge is -2.12. The number of carbonyl (C=O) groups excluding carboxylic acids is 2. The van der Waals surface area contributed by atoms with E-state index in [0.717, 1.165) is 5.56 Å². The molecule has 2 rings (SSSR count). The molecule has 1 heterocycles. The summed E-state index contributed by atoms with van der Waals surface area (Å²) in [5.74, 6) is 0.260. The van der Waals surface area contributed by atoms with Crippen LogP contribution >= 0.6 is 22.9 Å². The van der Waals surface area contributed by atoms with Crippen LogP contribution in [0.15, 0.2) is 29.0 Å². The van der Waals surface area contributed by atoms with Gasteiger partial charge in [0.05, 0.1) is 12.8 Å². The quantitative estimate of drug-likeness (QED) is 0.731. The summed E-state index contributed by atoms with van der Waals surface area (Å²) < 4.78 is 5.23. The van der Waals surface area contributed by atoms with E-state index >= 15 is 0 Å². The van der Waals surface area contributed by atoms with Gasteiger partial charge in [-0.1, -0.05) is 11.6 Å². The molecule has 128 valence electrons. The van der Waals surface area contributed by atoms with Crippen LogP contribution in [0.1, 0.15) is 28.8 Å². The number of ether oxygens (including phenoxy) is 1. The monoisotopic (exact) mass is 366 g/mol. The number of benzene rings is 1. The van der Waals surface area contributed by atoms with Gasteiger partial charge in [0.25, 0.3) is 5.91 Å². The number of hydrogen-bond donors (Lipinski definition) is 2. The minimum Gasteiger partial charge on any atom is -0.495 e. The molecule has 0 atom stereocenters. The fourth-order valence-corrected chi connectivity index (χ4v) is 2.88. The van der Waals surface area contributed by atoms with Gasteiger partial charge in [-0.15, -0.1) is 0 Å². The first-order valence-electron chi connectivity index (χ1n) is 7.45. The van der Waals surface area contributed by atoms with E-state index in [-0.39, 0.29) is 11.8 Å². The summed E-state index contributed by atoms with van der Waals surface area (Å²) in [5, 5.41) is 9.82. The standard InChI is InChI=1S/C17H19ClN2O3S/c1-11-8-14(15(23-2)9-13(11)18)20-16(21)4-3-6-19-17(22)12-5-7-24-10-12/h5,7-10H,3-4,6H2,1-2H3,(H,19,22)(H,20,21). The summed E-state index contributed by atoms with van der Waals surface area (Å²) >= 11 is 7.52. The summed E-state index contributed by atoms with van der Waals surface area (Å²) in [4.78, 5) is 23.8. The number of anilines is 1. The summed E-state index contributed by atoms with van der Waals surface area (Å²) in [6, 6.07) is 5.22. The Kier molecular flexibility index (Phi) is 6.63. The third-order valence-electron chi connectivity index (χ3n) is 3.40. The zero-order valence-corrected chi connectivity index (χ0v) is 15.1. The van der Waals surface area contributed by atoms with Gasteiger partial charge in [0.15, 0.2) is 0 Å². The Morgan fingerprint density at radius 1 is 1.33 bits per heavy atom. The van der Waals surface area contributed by atoms with Gasteiger partial charge in [-0.2, -0.15) is 11.3 Å². The Hall–Kier alpha value is -2.05. The molecule has 2 amide bonds. The molecule has 0 unspecified atom stereocenters. The van der Waals surface area contributed by atoms with Crippen LogP contribution in [0.3, 0.4) is 0 Å². The predicted molar refractivity (Wildman–Crippen MR) is 97.3 cm³/mol.